The van der Waals surface area contributed by atoms with Crippen molar-refractivity contribution in [2.45, 2.75) is 26.0 Å². The van der Waals surface area contributed by atoms with Gasteiger partial charge in [-0.2, -0.15) is 0 Å². The van der Waals surface area contributed by atoms with E-state index in [1.807, 2.05) is 32.0 Å². The maximum absolute atomic E-state index is 11.7. The molecule has 0 amide bonds. The third kappa shape index (κ3) is 2.56. The monoisotopic (exact) mass is 294 g/mol. The van der Waals surface area contributed by atoms with Gasteiger partial charge in [0, 0.05) is 6.26 Å². The summed E-state index contributed by atoms with van der Waals surface area (Å²) >= 11 is 0. The highest BCUT2D eigenvalue weighted by molar-refractivity contribution is 7.90. The Balaban J connectivity index is 2.63. The molecule has 1 unspecified atom stereocenters. The minimum Gasteiger partial charge on any atom is -0.380 e. The van der Waals surface area contributed by atoms with E-state index in [2.05, 4.69) is 5.16 Å². The highest BCUT2D eigenvalue weighted by atomic mass is 32.2. The summed E-state index contributed by atoms with van der Waals surface area (Å²) in [7, 11) is -3.28. The van der Waals surface area contributed by atoms with Crippen LogP contribution in [-0.4, -0.2) is 19.8 Å². The lowest BCUT2D eigenvalue weighted by Gasteiger charge is -2.09. The van der Waals surface area contributed by atoms with E-state index in [1.165, 1.54) is 6.26 Å². The van der Waals surface area contributed by atoms with E-state index in [0.717, 1.165) is 16.7 Å². The molecule has 0 aliphatic heterocycles. The number of aryl methyl sites for hydroxylation is 2. The molecule has 0 fully saturated rings. The van der Waals surface area contributed by atoms with E-state index in [-0.39, 0.29) is 11.6 Å². The molecule has 6 heteroatoms. The van der Waals surface area contributed by atoms with Crippen molar-refractivity contribution in [3.8, 4) is 11.1 Å². The van der Waals surface area contributed by atoms with Gasteiger partial charge in [0.15, 0.2) is 21.4 Å². The molecule has 2 aromatic rings. The molecule has 5 nitrogen and oxygen atoms in total. The summed E-state index contributed by atoms with van der Waals surface area (Å²) in [6, 6.07) is 5.81. The van der Waals surface area contributed by atoms with Crippen LogP contribution < -0.4 is 5.73 Å². The molecule has 0 aliphatic carbocycles. The minimum atomic E-state index is -3.28. The smallest absolute Gasteiger partial charge is 0.175 e. The summed E-state index contributed by atoms with van der Waals surface area (Å²) in [6.07, 6.45) is 1.17. The fourth-order valence-corrected chi connectivity index (χ4v) is 2.52. The summed E-state index contributed by atoms with van der Waals surface area (Å²) in [5, 5.41) is 2.93. The Kier molecular flexibility index (Phi) is 3.60. The van der Waals surface area contributed by atoms with Gasteiger partial charge in [-0.1, -0.05) is 23.4 Å². The number of nitrogens with zero attached hydrogens (tertiary/aromatic N) is 1. The van der Waals surface area contributed by atoms with Gasteiger partial charge in [-0.25, -0.2) is 8.42 Å². The molecule has 0 saturated heterocycles. The van der Waals surface area contributed by atoms with Gasteiger partial charge in [0.05, 0.1) is 5.56 Å². The molecule has 1 aromatic carbocycles. The number of nitrogen functional groups attached to an aromatic ring is 1. The molecule has 108 valence electrons. The van der Waals surface area contributed by atoms with Gasteiger partial charge in [-0.05, 0) is 37.5 Å². The zero-order valence-corrected chi connectivity index (χ0v) is 12.8. The first-order valence-electron chi connectivity index (χ1n) is 6.23. The van der Waals surface area contributed by atoms with E-state index >= 15 is 0 Å². The van der Waals surface area contributed by atoms with Crippen molar-refractivity contribution >= 4 is 15.7 Å². The van der Waals surface area contributed by atoms with Crippen molar-refractivity contribution in [3.63, 3.8) is 0 Å². The first-order valence-corrected chi connectivity index (χ1v) is 8.18. The fourth-order valence-electron chi connectivity index (χ4n) is 1.97. The lowest BCUT2D eigenvalue weighted by Crippen LogP contribution is -2.08. The van der Waals surface area contributed by atoms with E-state index in [4.69, 9.17) is 10.3 Å². The highest BCUT2D eigenvalue weighted by Gasteiger charge is 2.27. The second kappa shape index (κ2) is 4.94. The number of anilines is 1. The minimum absolute atomic E-state index is 0.207. The summed E-state index contributed by atoms with van der Waals surface area (Å²) in [5.74, 6) is 0.493. The SMILES string of the molecule is Cc1ccc(-c2c(N)noc2C(C)S(C)(=O)=O)cc1C. The van der Waals surface area contributed by atoms with Gasteiger partial charge < -0.3 is 10.3 Å². The van der Waals surface area contributed by atoms with Crippen LogP contribution in [0, 0.1) is 13.8 Å². The number of benzene rings is 1. The number of sulfone groups is 1. The molecule has 0 radical (unpaired) electrons. The van der Waals surface area contributed by atoms with Crippen LogP contribution in [0.1, 0.15) is 29.1 Å². The lowest BCUT2D eigenvalue weighted by atomic mass is 10.00. The molecule has 0 aliphatic rings. The largest absolute Gasteiger partial charge is 0.380 e. The van der Waals surface area contributed by atoms with Crippen molar-refractivity contribution in [2.24, 2.45) is 0 Å². The van der Waals surface area contributed by atoms with Crippen molar-refractivity contribution in [2.75, 3.05) is 12.0 Å². The van der Waals surface area contributed by atoms with Crippen molar-refractivity contribution in [1.82, 2.24) is 5.16 Å². The summed E-state index contributed by atoms with van der Waals surface area (Å²) in [5.41, 5.74) is 9.47. The first-order chi connectivity index (χ1) is 9.21. The fraction of sp³-hybridized carbons (Fsp3) is 0.357. The Morgan fingerprint density at radius 2 is 1.90 bits per heavy atom. The van der Waals surface area contributed by atoms with E-state index in [1.54, 1.807) is 6.92 Å². The van der Waals surface area contributed by atoms with Crippen LogP contribution in [0.3, 0.4) is 0 Å². The molecule has 0 bridgehead atoms. The predicted octanol–water partition coefficient (Wildman–Crippen LogP) is 2.65. The van der Waals surface area contributed by atoms with Crippen LogP contribution in [0.15, 0.2) is 22.7 Å². The average Bonchev–Trinajstić information content (AvgIpc) is 2.72. The molecule has 2 N–H and O–H groups in total. The number of hydrogen-bond donors (Lipinski definition) is 1. The number of aromatic nitrogens is 1. The van der Waals surface area contributed by atoms with Crippen LogP contribution in [0.25, 0.3) is 11.1 Å². The van der Waals surface area contributed by atoms with Gasteiger partial charge in [-0.15, -0.1) is 0 Å². The second-order valence-electron chi connectivity index (χ2n) is 5.08. The zero-order chi connectivity index (χ0) is 15.1. The Morgan fingerprint density at radius 1 is 1.25 bits per heavy atom. The van der Waals surface area contributed by atoms with E-state index < -0.39 is 15.1 Å². The van der Waals surface area contributed by atoms with E-state index in [9.17, 15) is 8.42 Å². The molecular weight excluding hydrogens is 276 g/mol. The van der Waals surface area contributed by atoms with Crippen LogP contribution in [0.4, 0.5) is 5.82 Å². The highest BCUT2D eigenvalue weighted by Crippen LogP contribution is 2.36. The standard InChI is InChI=1S/C14H18N2O3S/c1-8-5-6-11(7-9(8)2)12-13(19-16-14(12)15)10(3)20(4,17)18/h5-7,10H,1-4H3,(H2,15,16). The maximum atomic E-state index is 11.7. The van der Waals surface area contributed by atoms with Crippen LogP contribution in [-0.2, 0) is 9.84 Å². The van der Waals surface area contributed by atoms with Crippen molar-refractivity contribution in [1.29, 1.82) is 0 Å². The third-order valence-corrected chi connectivity index (χ3v) is 5.05. The quantitative estimate of drug-likeness (QED) is 0.940. The zero-order valence-electron chi connectivity index (χ0n) is 12.0. The average molecular weight is 294 g/mol. The first kappa shape index (κ1) is 14.6. The van der Waals surface area contributed by atoms with Gasteiger partial charge in [0.2, 0.25) is 0 Å². The Hall–Kier alpha value is -1.82. The van der Waals surface area contributed by atoms with Crippen LogP contribution in [0.5, 0.6) is 0 Å². The number of rotatable bonds is 3. The summed E-state index contributed by atoms with van der Waals surface area (Å²) < 4.78 is 28.6. The molecule has 20 heavy (non-hydrogen) atoms. The molecule has 0 saturated carbocycles. The van der Waals surface area contributed by atoms with Crippen molar-refractivity contribution < 1.29 is 12.9 Å². The predicted molar refractivity (Wildman–Crippen MR) is 79.1 cm³/mol. The maximum Gasteiger partial charge on any atom is 0.175 e. The lowest BCUT2D eigenvalue weighted by molar-refractivity contribution is 0.385. The summed E-state index contributed by atoms with van der Waals surface area (Å²) in [4.78, 5) is 0. The van der Waals surface area contributed by atoms with E-state index in [0.29, 0.717) is 5.56 Å². The second-order valence-corrected chi connectivity index (χ2v) is 7.44. The van der Waals surface area contributed by atoms with Gasteiger partial charge in [-0.3, -0.25) is 0 Å². The number of nitrogens with two attached hydrogens (primary N) is 1. The van der Waals surface area contributed by atoms with Crippen molar-refractivity contribution in [3.05, 3.63) is 35.1 Å². The molecular formula is C14H18N2O3S. The topological polar surface area (TPSA) is 86.2 Å². The number of hydrogen-bond acceptors (Lipinski definition) is 5. The Labute approximate surface area is 118 Å². The van der Waals surface area contributed by atoms with Gasteiger partial charge in [0.25, 0.3) is 0 Å². The summed E-state index contributed by atoms with van der Waals surface area (Å²) in [6.45, 7) is 5.57. The van der Waals surface area contributed by atoms with Crippen LogP contribution >= 0.6 is 0 Å². The Bertz CT molecular complexity index is 748. The normalized spacial score (nSPS) is 13.4. The van der Waals surface area contributed by atoms with Crippen LogP contribution in [0.2, 0.25) is 0 Å². The third-order valence-electron chi connectivity index (χ3n) is 3.55. The van der Waals surface area contributed by atoms with Gasteiger partial charge in [0.1, 0.15) is 5.25 Å². The molecule has 0 spiro atoms. The van der Waals surface area contributed by atoms with Gasteiger partial charge >= 0.3 is 0 Å². The molecule has 1 aromatic heterocycles. The molecule has 2 rings (SSSR count). The molecule has 1 atom stereocenters. The molecule has 1 heterocycles. The Morgan fingerprint density at radius 3 is 2.45 bits per heavy atom.